The molecular weight excluding hydrogens is 210 g/mol. The third-order valence-electron chi connectivity index (χ3n) is 1.53. The van der Waals surface area contributed by atoms with E-state index in [4.69, 9.17) is 10.2 Å². The number of carbonyl (C=O) groups is 1. The lowest BCUT2D eigenvalue weighted by Crippen LogP contribution is -2.35. The van der Waals surface area contributed by atoms with Crippen LogP contribution in [0.25, 0.3) is 0 Å². The largest absolute Gasteiger partial charge is 0.481 e. The minimum atomic E-state index is -3.54. The fraction of sp³-hybridized carbons (Fsp3) is 0.857. The molecule has 0 aromatic carbocycles. The van der Waals surface area contributed by atoms with Crippen molar-refractivity contribution in [2.24, 2.45) is 0 Å². The van der Waals surface area contributed by atoms with E-state index in [1.807, 2.05) is 0 Å². The molecular formula is C7H15NO5S. The molecule has 3 N–H and O–H groups in total. The first-order valence-electron chi connectivity index (χ1n) is 4.20. The van der Waals surface area contributed by atoms with Gasteiger partial charge in [-0.15, -0.1) is 0 Å². The lowest BCUT2D eigenvalue weighted by molar-refractivity contribution is -0.136. The molecule has 0 aliphatic rings. The van der Waals surface area contributed by atoms with E-state index >= 15 is 0 Å². The number of hydrogen-bond donors (Lipinski definition) is 3. The van der Waals surface area contributed by atoms with E-state index in [-0.39, 0.29) is 12.6 Å². The van der Waals surface area contributed by atoms with Crippen LogP contribution >= 0.6 is 0 Å². The minimum Gasteiger partial charge on any atom is -0.481 e. The molecule has 0 aromatic rings. The van der Waals surface area contributed by atoms with E-state index in [1.165, 1.54) is 0 Å². The molecule has 0 aromatic heterocycles. The number of aliphatic hydroxyl groups is 1. The summed E-state index contributed by atoms with van der Waals surface area (Å²) in [5.41, 5.74) is 0. The van der Waals surface area contributed by atoms with Crippen molar-refractivity contribution in [1.82, 2.24) is 4.72 Å². The second-order valence-corrected chi connectivity index (χ2v) is 4.87. The third kappa shape index (κ3) is 6.81. The molecule has 0 amide bonds. The summed E-state index contributed by atoms with van der Waals surface area (Å²) in [7, 11) is -3.54. The van der Waals surface area contributed by atoms with Gasteiger partial charge in [0.1, 0.15) is 0 Å². The Morgan fingerprint density at radius 1 is 1.50 bits per heavy atom. The summed E-state index contributed by atoms with van der Waals surface area (Å²) in [6.45, 7) is 1.50. The Balaban J connectivity index is 4.01. The fourth-order valence-electron chi connectivity index (χ4n) is 0.840. The smallest absolute Gasteiger partial charge is 0.304 e. The van der Waals surface area contributed by atoms with Crippen LogP contribution in [0, 0.1) is 0 Å². The highest BCUT2D eigenvalue weighted by atomic mass is 32.2. The van der Waals surface area contributed by atoms with E-state index in [9.17, 15) is 13.2 Å². The predicted molar refractivity (Wildman–Crippen MR) is 50.3 cm³/mol. The fourth-order valence-corrected chi connectivity index (χ4v) is 2.13. The van der Waals surface area contributed by atoms with Crippen molar-refractivity contribution in [3.05, 3.63) is 0 Å². The molecule has 0 saturated heterocycles. The van der Waals surface area contributed by atoms with Gasteiger partial charge in [-0.05, 0) is 13.3 Å². The Bertz CT molecular complexity index is 274. The normalized spacial score (nSPS) is 13.9. The van der Waals surface area contributed by atoms with Crippen molar-refractivity contribution in [3.63, 3.8) is 0 Å². The molecule has 0 fully saturated rings. The quantitative estimate of drug-likeness (QED) is 0.523. The first-order chi connectivity index (χ1) is 6.37. The van der Waals surface area contributed by atoms with Gasteiger partial charge in [-0.1, -0.05) is 0 Å². The summed E-state index contributed by atoms with van der Waals surface area (Å²) >= 11 is 0. The van der Waals surface area contributed by atoms with Crippen LogP contribution in [0.1, 0.15) is 19.8 Å². The summed E-state index contributed by atoms with van der Waals surface area (Å²) in [6.07, 6.45) is -0.104. The second-order valence-electron chi connectivity index (χ2n) is 2.99. The zero-order chi connectivity index (χ0) is 11.2. The highest BCUT2D eigenvalue weighted by molar-refractivity contribution is 7.89. The van der Waals surface area contributed by atoms with E-state index in [0.29, 0.717) is 6.42 Å². The summed E-state index contributed by atoms with van der Waals surface area (Å²) < 4.78 is 24.6. The molecule has 0 saturated carbocycles. The van der Waals surface area contributed by atoms with Crippen LogP contribution in [-0.2, 0) is 14.8 Å². The van der Waals surface area contributed by atoms with E-state index < -0.39 is 28.2 Å². The molecule has 0 bridgehead atoms. The topological polar surface area (TPSA) is 104 Å². The summed E-state index contributed by atoms with van der Waals surface area (Å²) in [5.74, 6) is -1.58. The van der Waals surface area contributed by atoms with Crippen molar-refractivity contribution < 1.29 is 23.4 Å². The van der Waals surface area contributed by atoms with Crippen LogP contribution in [0.4, 0.5) is 0 Å². The first kappa shape index (κ1) is 13.3. The van der Waals surface area contributed by atoms with E-state index in [1.54, 1.807) is 6.92 Å². The highest BCUT2D eigenvalue weighted by Crippen LogP contribution is 1.95. The monoisotopic (exact) mass is 225 g/mol. The molecule has 0 aliphatic heterocycles. The molecule has 0 rings (SSSR count). The van der Waals surface area contributed by atoms with Gasteiger partial charge in [0, 0.05) is 12.6 Å². The van der Waals surface area contributed by atoms with Crippen molar-refractivity contribution in [2.75, 3.05) is 12.4 Å². The van der Waals surface area contributed by atoms with Crippen LogP contribution in [-0.4, -0.2) is 43.0 Å². The Labute approximate surface area is 83.0 Å². The van der Waals surface area contributed by atoms with Gasteiger partial charge in [0.05, 0.1) is 12.2 Å². The van der Waals surface area contributed by atoms with Crippen LogP contribution in [0.5, 0.6) is 0 Å². The van der Waals surface area contributed by atoms with Gasteiger partial charge in [-0.3, -0.25) is 4.79 Å². The molecule has 0 spiro atoms. The summed E-state index contributed by atoms with van der Waals surface area (Å²) in [4.78, 5) is 10.1. The van der Waals surface area contributed by atoms with Gasteiger partial charge >= 0.3 is 5.97 Å². The van der Waals surface area contributed by atoms with Gasteiger partial charge < -0.3 is 10.2 Å². The minimum absolute atomic E-state index is 0.109. The number of hydrogen-bond acceptors (Lipinski definition) is 4. The Hall–Kier alpha value is -0.660. The maximum Gasteiger partial charge on any atom is 0.304 e. The van der Waals surface area contributed by atoms with Gasteiger partial charge in [0.25, 0.3) is 0 Å². The van der Waals surface area contributed by atoms with Crippen LogP contribution < -0.4 is 4.72 Å². The SMILES string of the molecule is CC(CCO)NS(=O)(=O)CCC(=O)O. The lowest BCUT2D eigenvalue weighted by Gasteiger charge is -2.11. The molecule has 7 heteroatoms. The number of aliphatic carboxylic acids is 1. The predicted octanol–water partition coefficient (Wildman–Crippen LogP) is -0.849. The second kappa shape index (κ2) is 5.94. The lowest BCUT2D eigenvalue weighted by atomic mass is 10.3. The van der Waals surface area contributed by atoms with Crippen molar-refractivity contribution in [1.29, 1.82) is 0 Å². The number of nitrogens with one attached hydrogen (secondary N) is 1. The Morgan fingerprint density at radius 2 is 2.07 bits per heavy atom. The van der Waals surface area contributed by atoms with Gasteiger partial charge in [0.2, 0.25) is 10.0 Å². The molecule has 1 unspecified atom stereocenters. The zero-order valence-corrected chi connectivity index (χ0v) is 8.75. The molecule has 6 nitrogen and oxygen atoms in total. The molecule has 14 heavy (non-hydrogen) atoms. The molecule has 0 radical (unpaired) electrons. The average molecular weight is 225 g/mol. The number of rotatable bonds is 7. The summed E-state index contributed by atoms with van der Waals surface area (Å²) in [6, 6.07) is -0.376. The van der Waals surface area contributed by atoms with Crippen LogP contribution in [0.3, 0.4) is 0 Å². The van der Waals surface area contributed by atoms with Crippen LogP contribution in [0.2, 0.25) is 0 Å². The third-order valence-corrected chi connectivity index (χ3v) is 3.03. The van der Waals surface area contributed by atoms with Crippen LogP contribution in [0.15, 0.2) is 0 Å². The number of sulfonamides is 1. The zero-order valence-electron chi connectivity index (χ0n) is 7.93. The number of carboxylic acid groups (broad SMARTS) is 1. The molecule has 0 aliphatic carbocycles. The average Bonchev–Trinajstić information content (AvgIpc) is 2.00. The van der Waals surface area contributed by atoms with Crippen molar-refractivity contribution in [3.8, 4) is 0 Å². The van der Waals surface area contributed by atoms with E-state index in [0.717, 1.165) is 0 Å². The Kier molecular flexibility index (Phi) is 5.66. The van der Waals surface area contributed by atoms with Gasteiger partial charge in [-0.25, -0.2) is 13.1 Å². The van der Waals surface area contributed by atoms with Gasteiger partial charge in [0.15, 0.2) is 0 Å². The Morgan fingerprint density at radius 3 is 2.50 bits per heavy atom. The standard InChI is InChI=1S/C7H15NO5S/c1-6(2-4-9)8-14(12,13)5-3-7(10)11/h6,8-9H,2-5H2,1H3,(H,10,11). The number of carboxylic acids is 1. The molecule has 0 heterocycles. The molecule has 84 valence electrons. The number of aliphatic hydroxyl groups excluding tert-OH is 1. The van der Waals surface area contributed by atoms with Crippen molar-refractivity contribution in [2.45, 2.75) is 25.8 Å². The first-order valence-corrected chi connectivity index (χ1v) is 5.85. The summed E-state index contributed by atoms with van der Waals surface area (Å²) in [5, 5.41) is 16.8. The van der Waals surface area contributed by atoms with Crippen molar-refractivity contribution >= 4 is 16.0 Å². The molecule has 1 atom stereocenters. The van der Waals surface area contributed by atoms with Gasteiger partial charge in [-0.2, -0.15) is 0 Å². The highest BCUT2D eigenvalue weighted by Gasteiger charge is 2.15. The maximum absolute atomic E-state index is 11.2. The van der Waals surface area contributed by atoms with E-state index in [2.05, 4.69) is 4.72 Å². The maximum atomic E-state index is 11.2.